The third-order valence-corrected chi connectivity index (χ3v) is 6.39. The van der Waals surface area contributed by atoms with E-state index in [-0.39, 0.29) is 12.0 Å². The van der Waals surface area contributed by atoms with Gasteiger partial charge in [0.1, 0.15) is 0 Å². The summed E-state index contributed by atoms with van der Waals surface area (Å²) in [7, 11) is 1.76. The Hall–Kier alpha value is -1.30. The minimum atomic E-state index is -0.603. The molecule has 3 N–H and O–H groups in total. The summed E-state index contributed by atoms with van der Waals surface area (Å²) in [6, 6.07) is 0.245. The summed E-state index contributed by atoms with van der Waals surface area (Å²) >= 11 is 0. The molecule has 2 aliphatic carbocycles. The standard InChI is InChI=1S/C20H36N4O2/c1-21-19(22-15-20(26)11-6-3-7-12-20)23-17-10-13-24(14-17)18(25)16-8-4-2-5-9-16/h16-17,26H,2-15H2,1H3,(H2,21,22,23). The first-order valence-electron chi connectivity index (χ1n) is 10.6. The quantitative estimate of drug-likeness (QED) is 0.527. The average molecular weight is 365 g/mol. The zero-order valence-electron chi connectivity index (χ0n) is 16.3. The molecule has 0 aromatic heterocycles. The summed E-state index contributed by atoms with van der Waals surface area (Å²) in [6.45, 7) is 2.15. The van der Waals surface area contributed by atoms with E-state index in [4.69, 9.17) is 0 Å². The maximum absolute atomic E-state index is 12.7. The summed E-state index contributed by atoms with van der Waals surface area (Å²) in [5.74, 6) is 1.34. The van der Waals surface area contributed by atoms with Crippen molar-refractivity contribution in [2.45, 2.75) is 82.3 Å². The molecular weight excluding hydrogens is 328 g/mol. The predicted molar refractivity (Wildman–Crippen MR) is 104 cm³/mol. The number of nitrogens with one attached hydrogen (secondary N) is 2. The molecule has 1 saturated heterocycles. The molecule has 6 nitrogen and oxygen atoms in total. The Balaban J connectivity index is 1.43. The van der Waals surface area contributed by atoms with Crippen LogP contribution in [-0.2, 0) is 4.79 Å². The second-order valence-corrected chi connectivity index (χ2v) is 8.46. The van der Waals surface area contributed by atoms with Gasteiger partial charge in [-0.05, 0) is 32.1 Å². The topological polar surface area (TPSA) is 77.0 Å². The van der Waals surface area contributed by atoms with Gasteiger partial charge in [0.15, 0.2) is 5.96 Å². The van der Waals surface area contributed by atoms with Crippen LogP contribution in [0.1, 0.15) is 70.6 Å². The first-order valence-corrected chi connectivity index (χ1v) is 10.6. The van der Waals surface area contributed by atoms with Gasteiger partial charge in [0.05, 0.1) is 5.60 Å². The molecule has 0 bridgehead atoms. The zero-order valence-corrected chi connectivity index (χ0v) is 16.3. The van der Waals surface area contributed by atoms with Gasteiger partial charge in [-0.1, -0.05) is 38.5 Å². The van der Waals surface area contributed by atoms with E-state index in [1.54, 1.807) is 7.05 Å². The van der Waals surface area contributed by atoms with Gasteiger partial charge >= 0.3 is 0 Å². The van der Waals surface area contributed by atoms with Crippen LogP contribution in [0, 0.1) is 5.92 Å². The van der Waals surface area contributed by atoms with Crippen LogP contribution >= 0.6 is 0 Å². The lowest BCUT2D eigenvalue weighted by Gasteiger charge is -2.33. The van der Waals surface area contributed by atoms with Crippen LogP contribution in [0.2, 0.25) is 0 Å². The van der Waals surface area contributed by atoms with Gasteiger partial charge in [-0.25, -0.2) is 0 Å². The molecule has 0 radical (unpaired) electrons. The largest absolute Gasteiger partial charge is 0.388 e. The summed E-state index contributed by atoms with van der Waals surface area (Å²) < 4.78 is 0. The van der Waals surface area contributed by atoms with Gasteiger partial charge in [0.2, 0.25) is 5.91 Å². The fourth-order valence-electron chi connectivity index (χ4n) is 4.71. The van der Waals surface area contributed by atoms with Crippen molar-refractivity contribution in [1.29, 1.82) is 0 Å². The highest BCUT2D eigenvalue weighted by atomic mass is 16.3. The third-order valence-electron chi connectivity index (χ3n) is 6.39. The van der Waals surface area contributed by atoms with Crippen LogP contribution in [0.15, 0.2) is 4.99 Å². The Morgan fingerprint density at radius 1 is 1.12 bits per heavy atom. The normalized spacial score (nSPS) is 27.4. The average Bonchev–Trinajstić information content (AvgIpc) is 3.14. The molecular formula is C20H36N4O2. The van der Waals surface area contributed by atoms with E-state index in [1.807, 2.05) is 4.90 Å². The smallest absolute Gasteiger partial charge is 0.225 e. The van der Waals surface area contributed by atoms with Crippen molar-refractivity contribution in [3.63, 3.8) is 0 Å². The lowest BCUT2D eigenvalue weighted by molar-refractivity contribution is -0.135. The summed E-state index contributed by atoms with van der Waals surface area (Å²) in [5, 5.41) is 17.4. The molecule has 1 amide bonds. The van der Waals surface area contributed by atoms with Crippen molar-refractivity contribution in [2.24, 2.45) is 10.9 Å². The first kappa shape index (κ1) is 19.5. The Kier molecular flexibility index (Phi) is 6.79. The number of rotatable bonds is 4. The van der Waals surface area contributed by atoms with Gasteiger partial charge in [-0.15, -0.1) is 0 Å². The number of carbonyl (C=O) groups excluding carboxylic acids is 1. The van der Waals surface area contributed by atoms with E-state index in [0.29, 0.717) is 12.5 Å². The number of carbonyl (C=O) groups is 1. The first-order chi connectivity index (χ1) is 12.6. The number of likely N-dealkylation sites (tertiary alicyclic amines) is 1. The molecule has 0 aromatic rings. The molecule has 3 aliphatic rings. The van der Waals surface area contributed by atoms with Gasteiger partial charge in [0, 0.05) is 38.6 Å². The zero-order chi connectivity index (χ0) is 18.4. The Labute approximate surface area is 157 Å². The number of guanidine groups is 1. The molecule has 0 aromatic carbocycles. The molecule has 0 spiro atoms. The molecule has 3 fully saturated rings. The Morgan fingerprint density at radius 3 is 2.50 bits per heavy atom. The lowest BCUT2D eigenvalue weighted by atomic mass is 9.85. The minimum Gasteiger partial charge on any atom is -0.388 e. The number of nitrogens with zero attached hydrogens (tertiary/aromatic N) is 2. The highest BCUT2D eigenvalue weighted by molar-refractivity contribution is 5.81. The van der Waals surface area contributed by atoms with Gasteiger partial charge in [-0.3, -0.25) is 9.79 Å². The minimum absolute atomic E-state index is 0.245. The SMILES string of the molecule is CN=C(NCC1(O)CCCCC1)NC1CCN(C(=O)C2CCCCC2)C1. The Morgan fingerprint density at radius 2 is 1.81 bits per heavy atom. The molecule has 6 heteroatoms. The van der Waals surface area contributed by atoms with Crippen molar-refractivity contribution < 1.29 is 9.90 Å². The summed E-state index contributed by atoms with van der Waals surface area (Å²) in [5.41, 5.74) is -0.603. The van der Waals surface area contributed by atoms with E-state index < -0.39 is 5.60 Å². The predicted octanol–water partition coefficient (Wildman–Crippen LogP) is 2.03. The number of hydrogen-bond acceptors (Lipinski definition) is 3. The fourth-order valence-corrected chi connectivity index (χ4v) is 4.71. The molecule has 148 valence electrons. The molecule has 1 atom stereocenters. The van der Waals surface area contributed by atoms with Crippen LogP contribution in [0.4, 0.5) is 0 Å². The number of aliphatic hydroxyl groups is 1. The number of aliphatic imine (C=N–C) groups is 1. The second kappa shape index (κ2) is 9.07. The highest BCUT2D eigenvalue weighted by Crippen LogP contribution is 2.28. The van der Waals surface area contributed by atoms with Gasteiger partial charge in [-0.2, -0.15) is 0 Å². The van der Waals surface area contributed by atoms with Crippen molar-refractivity contribution in [2.75, 3.05) is 26.7 Å². The maximum atomic E-state index is 12.7. The molecule has 2 saturated carbocycles. The van der Waals surface area contributed by atoms with Gasteiger partial charge < -0.3 is 20.6 Å². The van der Waals surface area contributed by atoms with Gasteiger partial charge in [0.25, 0.3) is 0 Å². The van der Waals surface area contributed by atoms with Crippen LogP contribution in [0.5, 0.6) is 0 Å². The van der Waals surface area contributed by atoms with E-state index >= 15 is 0 Å². The number of hydrogen-bond donors (Lipinski definition) is 3. The van der Waals surface area contributed by atoms with E-state index in [1.165, 1.54) is 25.7 Å². The molecule has 1 unspecified atom stereocenters. The van der Waals surface area contributed by atoms with Crippen molar-refractivity contribution in [3.8, 4) is 0 Å². The van der Waals surface area contributed by atoms with Crippen LogP contribution < -0.4 is 10.6 Å². The molecule has 1 aliphatic heterocycles. The summed E-state index contributed by atoms with van der Waals surface area (Å²) in [4.78, 5) is 19.0. The lowest BCUT2D eigenvalue weighted by Crippen LogP contribution is -2.51. The van der Waals surface area contributed by atoms with Crippen molar-refractivity contribution in [1.82, 2.24) is 15.5 Å². The van der Waals surface area contributed by atoms with Crippen LogP contribution in [0.25, 0.3) is 0 Å². The summed E-state index contributed by atoms with van der Waals surface area (Å²) in [6.07, 6.45) is 11.9. The number of amides is 1. The Bertz CT molecular complexity index is 496. The van der Waals surface area contributed by atoms with E-state index in [2.05, 4.69) is 15.6 Å². The highest BCUT2D eigenvalue weighted by Gasteiger charge is 2.33. The monoisotopic (exact) mass is 364 g/mol. The molecule has 3 rings (SSSR count). The molecule has 1 heterocycles. The second-order valence-electron chi connectivity index (χ2n) is 8.46. The maximum Gasteiger partial charge on any atom is 0.225 e. The third kappa shape index (κ3) is 5.12. The fraction of sp³-hybridized carbons (Fsp3) is 0.900. The van der Waals surface area contributed by atoms with E-state index in [9.17, 15) is 9.90 Å². The van der Waals surface area contributed by atoms with Crippen LogP contribution in [0.3, 0.4) is 0 Å². The van der Waals surface area contributed by atoms with Crippen molar-refractivity contribution >= 4 is 11.9 Å². The van der Waals surface area contributed by atoms with Crippen molar-refractivity contribution in [3.05, 3.63) is 0 Å². The molecule has 26 heavy (non-hydrogen) atoms. The van der Waals surface area contributed by atoms with Crippen LogP contribution in [-0.4, -0.2) is 60.2 Å². The van der Waals surface area contributed by atoms with E-state index in [0.717, 1.165) is 64.0 Å².